The molecule has 1 aliphatic rings. The lowest BCUT2D eigenvalue weighted by molar-refractivity contribution is 0.290. The second kappa shape index (κ2) is 5.23. The average Bonchev–Trinajstić information content (AvgIpc) is 2.15. The van der Waals surface area contributed by atoms with Crippen molar-refractivity contribution in [3.8, 4) is 0 Å². The topological polar surface area (TPSA) is 50.4 Å². The molecule has 0 aliphatic heterocycles. The van der Waals surface area contributed by atoms with Crippen LogP contribution in [0.15, 0.2) is 4.99 Å². The zero-order valence-corrected chi connectivity index (χ0v) is 9.47. The molecule has 0 aromatic heterocycles. The predicted molar refractivity (Wildman–Crippen MR) is 61.4 cm³/mol. The Kier molecular flexibility index (Phi) is 4.23. The van der Waals surface area contributed by atoms with Gasteiger partial charge < -0.3 is 11.1 Å². The molecule has 0 atom stereocenters. The molecule has 0 saturated heterocycles. The Morgan fingerprint density at radius 3 is 2.57 bits per heavy atom. The minimum Gasteiger partial charge on any atom is -0.370 e. The van der Waals surface area contributed by atoms with Crippen molar-refractivity contribution in [3.63, 3.8) is 0 Å². The highest BCUT2D eigenvalue weighted by molar-refractivity contribution is 5.78. The summed E-state index contributed by atoms with van der Waals surface area (Å²) in [6.07, 6.45) is 7.47. The van der Waals surface area contributed by atoms with Gasteiger partial charge in [0.15, 0.2) is 5.96 Å². The molecule has 1 fully saturated rings. The molecule has 1 rings (SSSR count). The van der Waals surface area contributed by atoms with E-state index >= 15 is 0 Å². The number of aliphatic imine (C=N–C) groups is 1. The fraction of sp³-hybridized carbons (Fsp3) is 0.909. The SMILES string of the molecule is CCCN=C(N)NC1(C)CCCCC1. The number of hydrogen-bond donors (Lipinski definition) is 2. The first kappa shape index (κ1) is 11.3. The molecule has 1 aliphatic carbocycles. The first-order valence-corrected chi connectivity index (χ1v) is 5.74. The monoisotopic (exact) mass is 197 g/mol. The lowest BCUT2D eigenvalue weighted by atomic mass is 9.83. The Balaban J connectivity index is 2.40. The maximum atomic E-state index is 5.81. The maximum Gasteiger partial charge on any atom is 0.189 e. The fourth-order valence-electron chi connectivity index (χ4n) is 2.04. The van der Waals surface area contributed by atoms with Crippen LogP contribution in [-0.2, 0) is 0 Å². The molecule has 0 aromatic carbocycles. The average molecular weight is 197 g/mol. The molecule has 1 saturated carbocycles. The molecular formula is C11H23N3. The number of nitrogens with two attached hydrogens (primary N) is 1. The molecule has 0 unspecified atom stereocenters. The lowest BCUT2D eigenvalue weighted by Gasteiger charge is -2.34. The summed E-state index contributed by atoms with van der Waals surface area (Å²) >= 11 is 0. The lowest BCUT2D eigenvalue weighted by Crippen LogP contribution is -2.50. The van der Waals surface area contributed by atoms with Crippen LogP contribution in [0.2, 0.25) is 0 Å². The number of nitrogens with zero attached hydrogens (tertiary/aromatic N) is 1. The van der Waals surface area contributed by atoms with Gasteiger partial charge in [0.1, 0.15) is 0 Å². The number of nitrogens with one attached hydrogen (secondary N) is 1. The van der Waals surface area contributed by atoms with Crippen molar-refractivity contribution < 1.29 is 0 Å². The van der Waals surface area contributed by atoms with Gasteiger partial charge in [0, 0.05) is 12.1 Å². The van der Waals surface area contributed by atoms with Crippen LogP contribution in [0.5, 0.6) is 0 Å². The van der Waals surface area contributed by atoms with Gasteiger partial charge in [-0.25, -0.2) is 0 Å². The van der Waals surface area contributed by atoms with Crippen molar-refractivity contribution in [2.45, 2.75) is 57.9 Å². The molecule has 3 heteroatoms. The highest BCUT2D eigenvalue weighted by atomic mass is 15.1. The zero-order chi connectivity index (χ0) is 10.4. The maximum absolute atomic E-state index is 5.81. The van der Waals surface area contributed by atoms with E-state index in [1.807, 2.05) is 0 Å². The highest BCUT2D eigenvalue weighted by Crippen LogP contribution is 2.27. The van der Waals surface area contributed by atoms with Crippen molar-refractivity contribution in [2.24, 2.45) is 10.7 Å². The molecule has 0 heterocycles. The van der Waals surface area contributed by atoms with Crippen LogP contribution in [0, 0.1) is 0 Å². The normalized spacial score (nSPS) is 22.0. The molecule has 0 spiro atoms. The van der Waals surface area contributed by atoms with Crippen molar-refractivity contribution >= 4 is 5.96 Å². The predicted octanol–water partition coefficient (Wildman–Crippen LogP) is 2.02. The van der Waals surface area contributed by atoms with E-state index in [0.717, 1.165) is 13.0 Å². The molecule has 82 valence electrons. The second-order valence-electron chi connectivity index (χ2n) is 4.51. The third-order valence-corrected chi connectivity index (χ3v) is 2.89. The van der Waals surface area contributed by atoms with Gasteiger partial charge >= 0.3 is 0 Å². The molecule has 3 N–H and O–H groups in total. The van der Waals surface area contributed by atoms with Gasteiger partial charge in [0.25, 0.3) is 0 Å². The summed E-state index contributed by atoms with van der Waals surface area (Å²) in [5.74, 6) is 0.622. The van der Waals surface area contributed by atoms with Crippen LogP contribution in [0.3, 0.4) is 0 Å². The van der Waals surface area contributed by atoms with E-state index in [2.05, 4.69) is 24.2 Å². The van der Waals surface area contributed by atoms with Gasteiger partial charge in [-0.1, -0.05) is 26.2 Å². The Hall–Kier alpha value is -0.730. The molecule has 0 aromatic rings. The van der Waals surface area contributed by atoms with E-state index in [1.54, 1.807) is 0 Å². The summed E-state index contributed by atoms with van der Waals surface area (Å²) in [5, 5.41) is 3.36. The summed E-state index contributed by atoms with van der Waals surface area (Å²) in [6, 6.07) is 0. The van der Waals surface area contributed by atoms with Crippen LogP contribution < -0.4 is 11.1 Å². The molecule has 0 bridgehead atoms. The van der Waals surface area contributed by atoms with E-state index in [1.165, 1.54) is 32.1 Å². The quantitative estimate of drug-likeness (QED) is 0.537. The molecule has 0 amide bonds. The molecular weight excluding hydrogens is 174 g/mol. The molecule has 14 heavy (non-hydrogen) atoms. The summed E-state index contributed by atoms with van der Waals surface area (Å²) in [7, 11) is 0. The standard InChI is InChI=1S/C11H23N3/c1-3-9-13-10(12)14-11(2)7-5-4-6-8-11/h3-9H2,1-2H3,(H3,12,13,14). The van der Waals surface area contributed by atoms with Crippen LogP contribution in [0.25, 0.3) is 0 Å². The van der Waals surface area contributed by atoms with Gasteiger partial charge in [-0.3, -0.25) is 4.99 Å². The summed E-state index contributed by atoms with van der Waals surface area (Å²) in [5.41, 5.74) is 6.01. The summed E-state index contributed by atoms with van der Waals surface area (Å²) in [6.45, 7) is 5.19. The summed E-state index contributed by atoms with van der Waals surface area (Å²) < 4.78 is 0. The van der Waals surface area contributed by atoms with E-state index in [4.69, 9.17) is 5.73 Å². The van der Waals surface area contributed by atoms with E-state index in [-0.39, 0.29) is 5.54 Å². The fourth-order valence-corrected chi connectivity index (χ4v) is 2.04. The Labute approximate surface area is 87.2 Å². The minimum absolute atomic E-state index is 0.194. The zero-order valence-electron chi connectivity index (χ0n) is 9.47. The molecule has 3 nitrogen and oxygen atoms in total. The third kappa shape index (κ3) is 3.56. The smallest absolute Gasteiger partial charge is 0.189 e. The number of hydrogen-bond acceptors (Lipinski definition) is 1. The summed E-state index contributed by atoms with van der Waals surface area (Å²) in [4.78, 5) is 4.27. The van der Waals surface area contributed by atoms with Gasteiger partial charge in [0.05, 0.1) is 0 Å². The minimum atomic E-state index is 0.194. The first-order chi connectivity index (χ1) is 6.66. The Morgan fingerprint density at radius 1 is 1.36 bits per heavy atom. The van der Waals surface area contributed by atoms with Crippen LogP contribution in [0.4, 0.5) is 0 Å². The van der Waals surface area contributed by atoms with Crippen LogP contribution in [-0.4, -0.2) is 18.0 Å². The second-order valence-corrected chi connectivity index (χ2v) is 4.51. The van der Waals surface area contributed by atoms with Gasteiger partial charge in [-0.2, -0.15) is 0 Å². The van der Waals surface area contributed by atoms with Crippen molar-refractivity contribution in [1.29, 1.82) is 0 Å². The first-order valence-electron chi connectivity index (χ1n) is 5.74. The van der Waals surface area contributed by atoms with Gasteiger partial charge in [0.2, 0.25) is 0 Å². The van der Waals surface area contributed by atoms with E-state index in [9.17, 15) is 0 Å². The van der Waals surface area contributed by atoms with Crippen molar-refractivity contribution in [1.82, 2.24) is 5.32 Å². The highest BCUT2D eigenvalue weighted by Gasteiger charge is 2.26. The third-order valence-electron chi connectivity index (χ3n) is 2.89. The van der Waals surface area contributed by atoms with Crippen molar-refractivity contribution in [2.75, 3.05) is 6.54 Å². The number of guanidine groups is 1. The van der Waals surface area contributed by atoms with Crippen molar-refractivity contribution in [3.05, 3.63) is 0 Å². The van der Waals surface area contributed by atoms with E-state index in [0.29, 0.717) is 5.96 Å². The van der Waals surface area contributed by atoms with Gasteiger partial charge in [-0.15, -0.1) is 0 Å². The van der Waals surface area contributed by atoms with Crippen LogP contribution in [0.1, 0.15) is 52.4 Å². The largest absolute Gasteiger partial charge is 0.370 e. The molecule has 0 radical (unpaired) electrons. The number of rotatable bonds is 3. The van der Waals surface area contributed by atoms with E-state index < -0.39 is 0 Å². The van der Waals surface area contributed by atoms with Crippen LogP contribution >= 0.6 is 0 Å². The van der Waals surface area contributed by atoms with Gasteiger partial charge in [-0.05, 0) is 26.2 Å². The Morgan fingerprint density at radius 2 is 2.00 bits per heavy atom. The Bertz CT molecular complexity index is 193.